The van der Waals surface area contributed by atoms with E-state index in [0.717, 1.165) is 7.11 Å². The molecule has 1 heterocycles. The lowest BCUT2D eigenvalue weighted by atomic mass is 10.0. The highest BCUT2D eigenvalue weighted by Crippen LogP contribution is 2.33. The van der Waals surface area contributed by atoms with Gasteiger partial charge in [0, 0.05) is 5.56 Å². The van der Waals surface area contributed by atoms with Crippen LogP contribution in [0.4, 0.5) is 26.3 Å². The summed E-state index contributed by atoms with van der Waals surface area (Å²) in [6.07, 6.45) is 0. The summed E-state index contributed by atoms with van der Waals surface area (Å²) < 4.78 is 84.2. The van der Waals surface area contributed by atoms with Gasteiger partial charge in [0.1, 0.15) is 0 Å². The third kappa shape index (κ3) is 2.38. The van der Waals surface area contributed by atoms with Crippen molar-refractivity contribution in [2.24, 2.45) is 0 Å². The minimum Gasteiger partial charge on any atom is -0.464 e. The lowest BCUT2D eigenvalue weighted by Crippen LogP contribution is -2.11. The topological polar surface area (TPSA) is 39.2 Å². The lowest BCUT2D eigenvalue weighted by Gasteiger charge is -2.11. The van der Waals surface area contributed by atoms with Crippen LogP contribution in [0.2, 0.25) is 0 Å². The number of ether oxygens (including phenoxy) is 1. The van der Waals surface area contributed by atoms with Gasteiger partial charge in [-0.05, 0) is 12.1 Å². The molecule has 3 nitrogen and oxygen atoms in total. The number of nitrogens with zero attached hydrogens (tertiary/aromatic N) is 1. The van der Waals surface area contributed by atoms with Crippen molar-refractivity contribution in [2.45, 2.75) is 0 Å². The van der Waals surface area contributed by atoms with Gasteiger partial charge in [-0.3, -0.25) is 0 Å². The molecule has 0 atom stereocenters. The van der Waals surface area contributed by atoms with E-state index in [2.05, 4.69) is 9.72 Å². The van der Waals surface area contributed by atoms with Crippen LogP contribution >= 0.6 is 0 Å². The van der Waals surface area contributed by atoms with Crippen LogP contribution in [-0.4, -0.2) is 18.1 Å². The van der Waals surface area contributed by atoms with Crippen LogP contribution in [0, 0.1) is 35.0 Å². The Kier molecular flexibility index (Phi) is 4.07. The van der Waals surface area contributed by atoms with Crippen LogP contribution in [-0.2, 0) is 4.74 Å². The molecule has 1 aromatic heterocycles. The number of aromatic nitrogens is 1. The molecule has 116 valence electrons. The van der Waals surface area contributed by atoms with Gasteiger partial charge in [-0.15, -0.1) is 0 Å². The Morgan fingerprint density at radius 1 is 0.909 bits per heavy atom. The Hall–Kier alpha value is -2.58. The average Bonchev–Trinajstić information content (AvgIpc) is 2.51. The van der Waals surface area contributed by atoms with E-state index in [0.29, 0.717) is 12.1 Å². The van der Waals surface area contributed by atoms with Gasteiger partial charge in [-0.1, -0.05) is 0 Å². The molecule has 22 heavy (non-hydrogen) atoms. The molecule has 2 aromatic rings. The highest BCUT2D eigenvalue weighted by atomic mass is 19.2. The van der Waals surface area contributed by atoms with E-state index in [4.69, 9.17) is 0 Å². The van der Waals surface area contributed by atoms with Crippen molar-refractivity contribution in [1.82, 2.24) is 4.98 Å². The molecule has 9 heteroatoms. The second-order valence-electron chi connectivity index (χ2n) is 3.97. The van der Waals surface area contributed by atoms with Crippen molar-refractivity contribution < 1.29 is 35.9 Å². The maximum atomic E-state index is 13.7. The van der Waals surface area contributed by atoms with E-state index < -0.39 is 57.8 Å². The minimum absolute atomic E-state index is 0.597. The molecule has 0 N–H and O–H groups in total. The van der Waals surface area contributed by atoms with E-state index in [1.807, 2.05) is 0 Å². The molecule has 0 saturated heterocycles. The standard InChI is InChI=1S/C13H5F6NO2/c1-22-13(21)12-4(2-3-5(14)20-12)6-7(15)9(17)11(19)10(18)8(6)16/h2-3H,1H3. The maximum Gasteiger partial charge on any atom is 0.357 e. The molecule has 0 bridgehead atoms. The number of hydrogen-bond donors (Lipinski definition) is 0. The smallest absolute Gasteiger partial charge is 0.357 e. The summed E-state index contributed by atoms with van der Waals surface area (Å²) in [6, 6.07) is 1.26. The molecule has 0 radical (unpaired) electrons. The Balaban J connectivity index is 2.86. The van der Waals surface area contributed by atoms with Gasteiger partial charge < -0.3 is 4.74 Å². The molecular formula is C13H5F6NO2. The van der Waals surface area contributed by atoms with E-state index in [1.54, 1.807) is 0 Å². The van der Waals surface area contributed by atoms with E-state index in [-0.39, 0.29) is 0 Å². The van der Waals surface area contributed by atoms with Gasteiger partial charge in [0.05, 0.1) is 12.7 Å². The number of hydrogen-bond acceptors (Lipinski definition) is 3. The first kappa shape index (κ1) is 15.8. The van der Waals surface area contributed by atoms with Crippen LogP contribution in [0.5, 0.6) is 0 Å². The van der Waals surface area contributed by atoms with Crippen LogP contribution in [0.1, 0.15) is 10.5 Å². The highest BCUT2D eigenvalue weighted by Gasteiger charge is 2.29. The summed E-state index contributed by atoms with van der Waals surface area (Å²) >= 11 is 0. The van der Waals surface area contributed by atoms with Crippen molar-refractivity contribution >= 4 is 5.97 Å². The molecule has 2 rings (SSSR count). The van der Waals surface area contributed by atoms with E-state index >= 15 is 0 Å². The summed E-state index contributed by atoms with van der Waals surface area (Å²) in [4.78, 5) is 14.5. The summed E-state index contributed by atoms with van der Waals surface area (Å²) in [5, 5.41) is 0. The molecule has 0 unspecified atom stereocenters. The fourth-order valence-corrected chi connectivity index (χ4v) is 1.73. The Morgan fingerprint density at radius 3 is 1.91 bits per heavy atom. The number of halogens is 6. The van der Waals surface area contributed by atoms with Crippen molar-refractivity contribution in [1.29, 1.82) is 0 Å². The van der Waals surface area contributed by atoms with Gasteiger partial charge >= 0.3 is 5.97 Å². The van der Waals surface area contributed by atoms with Crippen LogP contribution in [0.3, 0.4) is 0 Å². The van der Waals surface area contributed by atoms with Crippen molar-refractivity contribution in [3.63, 3.8) is 0 Å². The normalized spacial score (nSPS) is 10.7. The average molecular weight is 321 g/mol. The van der Waals surface area contributed by atoms with Crippen LogP contribution in [0.25, 0.3) is 11.1 Å². The Morgan fingerprint density at radius 2 is 1.41 bits per heavy atom. The molecule has 1 aromatic carbocycles. The maximum absolute atomic E-state index is 13.7. The predicted molar refractivity (Wildman–Crippen MR) is 60.8 cm³/mol. The fourth-order valence-electron chi connectivity index (χ4n) is 1.73. The van der Waals surface area contributed by atoms with Gasteiger partial charge in [0.25, 0.3) is 0 Å². The third-order valence-electron chi connectivity index (χ3n) is 2.72. The third-order valence-corrected chi connectivity index (χ3v) is 2.72. The minimum atomic E-state index is -2.35. The molecule has 0 aliphatic carbocycles. The van der Waals surface area contributed by atoms with Crippen LogP contribution < -0.4 is 0 Å². The molecule has 0 aliphatic heterocycles. The van der Waals surface area contributed by atoms with Gasteiger partial charge in [0.2, 0.25) is 11.8 Å². The number of carbonyl (C=O) groups is 1. The van der Waals surface area contributed by atoms with E-state index in [9.17, 15) is 31.1 Å². The Labute approximate surface area is 119 Å². The SMILES string of the molecule is COC(=O)c1nc(F)ccc1-c1c(F)c(F)c(F)c(F)c1F. The second kappa shape index (κ2) is 5.66. The van der Waals surface area contributed by atoms with Crippen LogP contribution in [0.15, 0.2) is 12.1 Å². The number of rotatable bonds is 2. The number of pyridine rings is 1. The zero-order valence-electron chi connectivity index (χ0n) is 10.7. The first-order valence-electron chi connectivity index (χ1n) is 5.56. The zero-order chi connectivity index (χ0) is 16.6. The lowest BCUT2D eigenvalue weighted by molar-refractivity contribution is 0.0593. The van der Waals surface area contributed by atoms with Gasteiger partial charge in [0.15, 0.2) is 29.0 Å². The number of carbonyl (C=O) groups excluding carboxylic acids is 1. The second-order valence-corrected chi connectivity index (χ2v) is 3.97. The van der Waals surface area contributed by atoms with Crippen molar-refractivity contribution in [3.05, 3.63) is 52.9 Å². The molecule has 0 aliphatic rings. The first-order valence-corrected chi connectivity index (χ1v) is 5.56. The molecule has 0 spiro atoms. The first-order chi connectivity index (χ1) is 10.3. The van der Waals surface area contributed by atoms with E-state index in [1.165, 1.54) is 0 Å². The predicted octanol–water partition coefficient (Wildman–Crippen LogP) is 3.37. The van der Waals surface area contributed by atoms with Crippen molar-refractivity contribution in [3.8, 4) is 11.1 Å². The Bertz CT molecular complexity index is 749. The van der Waals surface area contributed by atoms with Crippen molar-refractivity contribution in [2.75, 3.05) is 7.11 Å². The summed E-state index contributed by atoms with van der Waals surface area (Å²) in [7, 11) is 0.872. The summed E-state index contributed by atoms with van der Waals surface area (Å²) in [5.74, 6) is -13.6. The quantitative estimate of drug-likeness (QED) is 0.280. The fraction of sp³-hybridized carbons (Fsp3) is 0.0769. The molecule has 0 saturated carbocycles. The molecule has 0 amide bonds. The zero-order valence-corrected chi connectivity index (χ0v) is 10.7. The largest absolute Gasteiger partial charge is 0.464 e. The van der Waals surface area contributed by atoms with Gasteiger partial charge in [-0.25, -0.2) is 31.7 Å². The molecule has 0 fully saturated rings. The summed E-state index contributed by atoms with van der Waals surface area (Å²) in [5.41, 5.74) is -3.11. The molecular weight excluding hydrogens is 316 g/mol. The monoisotopic (exact) mass is 321 g/mol. The highest BCUT2D eigenvalue weighted by molar-refractivity contribution is 5.95. The number of methoxy groups -OCH3 is 1. The van der Waals surface area contributed by atoms with Gasteiger partial charge in [-0.2, -0.15) is 4.39 Å². The summed E-state index contributed by atoms with van der Waals surface area (Å²) in [6.45, 7) is 0. The number of benzene rings is 1. The number of esters is 1.